The number of rotatable bonds is 6. The first-order valence-electron chi connectivity index (χ1n) is 10.8. The van der Waals surface area contributed by atoms with Gasteiger partial charge in [0.15, 0.2) is 11.5 Å². The van der Waals surface area contributed by atoms with Crippen molar-refractivity contribution in [3.05, 3.63) is 82.0 Å². The van der Waals surface area contributed by atoms with Gasteiger partial charge in [-0.05, 0) is 54.1 Å². The number of nitrogens with zero attached hydrogens (tertiary/aromatic N) is 1. The van der Waals surface area contributed by atoms with Crippen LogP contribution in [0.25, 0.3) is 0 Å². The number of fused-ring (bicyclic) bond motifs is 1. The first-order valence-corrected chi connectivity index (χ1v) is 11.7. The van der Waals surface area contributed by atoms with Crippen molar-refractivity contribution in [2.24, 2.45) is 0 Å². The topological polar surface area (TPSA) is 50.8 Å². The van der Waals surface area contributed by atoms with E-state index in [-0.39, 0.29) is 18.0 Å². The quantitative estimate of drug-likeness (QED) is 0.618. The van der Waals surface area contributed by atoms with Crippen LogP contribution in [0.2, 0.25) is 0 Å². The average molecular weight is 435 g/mol. The highest BCUT2D eigenvalue weighted by Gasteiger charge is 2.29. The van der Waals surface area contributed by atoms with Crippen molar-refractivity contribution in [2.75, 3.05) is 26.3 Å². The molecule has 5 nitrogen and oxygen atoms in total. The van der Waals surface area contributed by atoms with Crippen LogP contribution >= 0.6 is 11.3 Å². The van der Waals surface area contributed by atoms with Gasteiger partial charge in [0.05, 0.1) is 12.6 Å². The van der Waals surface area contributed by atoms with Crippen LogP contribution in [0, 0.1) is 0 Å². The smallest absolute Gasteiger partial charge is 0.234 e. The van der Waals surface area contributed by atoms with E-state index >= 15 is 0 Å². The molecule has 1 saturated heterocycles. The monoisotopic (exact) mass is 434 g/mol. The number of carbonyl (C=O) groups is 1. The molecule has 5 rings (SSSR count). The molecule has 2 aromatic carbocycles. The Balaban J connectivity index is 1.30. The molecule has 31 heavy (non-hydrogen) atoms. The van der Waals surface area contributed by atoms with Crippen molar-refractivity contribution in [3.8, 4) is 11.5 Å². The highest BCUT2D eigenvalue weighted by atomic mass is 32.1. The van der Waals surface area contributed by atoms with E-state index in [1.54, 1.807) is 11.3 Å². The molecule has 3 aromatic rings. The second kappa shape index (κ2) is 9.12. The highest BCUT2D eigenvalue weighted by Crippen LogP contribution is 2.38. The number of benzene rings is 2. The standard InChI is InChI=1S/C25H26N2O3S/c28-24(26-25(23-9-5-15-31-23)18-6-2-1-3-7-18)17-27-12-4-8-20(27)19-10-11-21-22(16-19)30-14-13-29-21/h1-3,5-7,9-11,15-16,20,25H,4,8,12-14,17H2,(H,26,28)/t20-,25+/m1/s1. The number of thiophene rings is 1. The third kappa shape index (κ3) is 4.45. The molecular weight excluding hydrogens is 408 g/mol. The fraction of sp³-hybridized carbons (Fsp3) is 0.320. The van der Waals surface area contributed by atoms with Crippen molar-refractivity contribution in [3.63, 3.8) is 0 Å². The molecule has 0 aliphatic carbocycles. The van der Waals surface area contributed by atoms with Crippen LogP contribution in [0.4, 0.5) is 0 Å². The summed E-state index contributed by atoms with van der Waals surface area (Å²) in [5.41, 5.74) is 2.29. The van der Waals surface area contributed by atoms with E-state index in [1.807, 2.05) is 30.3 Å². The number of likely N-dealkylation sites (tertiary alicyclic amines) is 1. The highest BCUT2D eigenvalue weighted by molar-refractivity contribution is 7.10. The molecule has 1 aromatic heterocycles. The van der Waals surface area contributed by atoms with Crippen LogP contribution in [0.5, 0.6) is 11.5 Å². The summed E-state index contributed by atoms with van der Waals surface area (Å²) >= 11 is 1.67. The lowest BCUT2D eigenvalue weighted by Crippen LogP contribution is -2.38. The lowest BCUT2D eigenvalue weighted by atomic mass is 10.0. The molecule has 2 atom stereocenters. The zero-order chi connectivity index (χ0) is 21.0. The van der Waals surface area contributed by atoms with E-state index in [4.69, 9.17) is 9.47 Å². The van der Waals surface area contributed by atoms with E-state index < -0.39 is 0 Å². The maximum Gasteiger partial charge on any atom is 0.234 e. The summed E-state index contributed by atoms with van der Waals surface area (Å²) in [4.78, 5) is 16.5. The number of amides is 1. The lowest BCUT2D eigenvalue weighted by molar-refractivity contribution is -0.123. The predicted octanol–water partition coefficient (Wildman–Crippen LogP) is 4.56. The minimum absolute atomic E-state index is 0.0479. The van der Waals surface area contributed by atoms with Crippen LogP contribution in [0.1, 0.15) is 40.9 Å². The summed E-state index contributed by atoms with van der Waals surface area (Å²) in [5, 5.41) is 5.32. The average Bonchev–Trinajstić information content (AvgIpc) is 3.50. The van der Waals surface area contributed by atoms with Crippen LogP contribution in [-0.4, -0.2) is 37.1 Å². The molecule has 2 aliphatic rings. The number of hydrogen-bond donors (Lipinski definition) is 1. The number of hydrogen-bond acceptors (Lipinski definition) is 5. The molecule has 3 heterocycles. The lowest BCUT2D eigenvalue weighted by Gasteiger charge is -2.27. The Bertz CT molecular complexity index is 1020. The minimum Gasteiger partial charge on any atom is -0.486 e. The molecule has 1 amide bonds. The van der Waals surface area contributed by atoms with Gasteiger partial charge < -0.3 is 14.8 Å². The van der Waals surface area contributed by atoms with Crippen LogP contribution in [-0.2, 0) is 4.79 Å². The summed E-state index contributed by atoms with van der Waals surface area (Å²) in [6.45, 7) is 2.47. The zero-order valence-electron chi connectivity index (χ0n) is 17.3. The van der Waals surface area contributed by atoms with E-state index in [0.717, 1.165) is 41.3 Å². The van der Waals surface area contributed by atoms with Crippen molar-refractivity contribution >= 4 is 17.2 Å². The molecule has 0 bridgehead atoms. The molecule has 0 saturated carbocycles. The second-order valence-corrected chi connectivity index (χ2v) is 8.94. The number of carbonyl (C=O) groups excluding carboxylic acids is 1. The minimum atomic E-state index is -0.121. The Kier molecular flexibility index (Phi) is 5.91. The molecular formula is C25H26N2O3S. The first-order chi connectivity index (χ1) is 15.3. The summed E-state index contributed by atoms with van der Waals surface area (Å²) in [6.07, 6.45) is 2.12. The summed E-state index contributed by atoms with van der Waals surface area (Å²) < 4.78 is 11.4. The Morgan fingerprint density at radius 2 is 1.90 bits per heavy atom. The van der Waals surface area contributed by atoms with Crippen LogP contribution < -0.4 is 14.8 Å². The molecule has 1 fully saturated rings. The maximum absolute atomic E-state index is 13.1. The largest absolute Gasteiger partial charge is 0.486 e. The van der Waals surface area contributed by atoms with Gasteiger partial charge in [-0.15, -0.1) is 11.3 Å². The van der Waals surface area contributed by atoms with Crippen molar-refractivity contribution < 1.29 is 14.3 Å². The van der Waals surface area contributed by atoms with Crippen molar-refractivity contribution in [2.45, 2.75) is 24.9 Å². The van der Waals surface area contributed by atoms with Gasteiger partial charge in [0.25, 0.3) is 0 Å². The Hall–Kier alpha value is -2.83. The summed E-state index contributed by atoms with van der Waals surface area (Å²) in [5.74, 6) is 1.66. The molecule has 1 N–H and O–H groups in total. The van der Waals surface area contributed by atoms with Gasteiger partial charge in [-0.25, -0.2) is 0 Å². The van der Waals surface area contributed by atoms with Crippen LogP contribution in [0.3, 0.4) is 0 Å². The number of ether oxygens (including phenoxy) is 2. The molecule has 0 spiro atoms. The summed E-state index contributed by atoms with van der Waals surface area (Å²) in [7, 11) is 0. The van der Waals surface area contributed by atoms with E-state index in [2.05, 4.69) is 45.9 Å². The van der Waals surface area contributed by atoms with Gasteiger partial charge in [0.2, 0.25) is 5.91 Å². The first kappa shape index (κ1) is 20.1. The third-order valence-electron chi connectivity index (χ3n) is 5.93. The predicted molar refractivity (Wildman–Crippen MR) is 122 cm³/mol. The van der Waals surface area contributed by atoms with Gasteiger partial charge >= 0.3 is 0 Å². The fourth-order valence-corrected chi connectivity index (χ4v) is 5.27. The molecule has 0 radical (unpaired) electrons. The van der Waals surface area contributed by atoms with E-state index in [9.17, 15) is 4.79 Å². The Morgan fingerprint density at radius 1 is 1.06 bits per heavy atom. The normalized spacial score (nSPS) is 19.2. The fourth-order valence-electron chi connectivity index (χ4n) is 4.47. The maximum atomic E-state index is 13.1. The zero-order valence-corrected chi connectivity index (χ0v) is 18.1. The van der Waals surface area contributed by atoms with Gasteiger partial charge in [0, 0.05) is 10.9 Å². The van der Waals surface area contributed by atoms with Gasteiger partial charge in [-0.1, -0.05) is 42.5 Å². The SMILES string of the molecule is O=C(CN1CCC[C@@H]1c1ccc2c(c1)OCCO2)N[C@@H](c1ccccc1)c1cccs1. The van der Waals surface area contributed by atoms with E-state index in [0.29, 0.717) is 19.8 Å². The van der Waals surface area contributed by atoms with Crippen molar-refractivity contribution in [1.82, 2.24) is 10.2 Å². The second-order valence-electron chi connectivity index (χ2n) is 7.96. The summed E-state index contributed by atoms with van der Waals surface area (Å²) in [6, 6.07) is 20.5. The van der Waals surface area contributed by atoms with Gasteiger partial charge in [-0.2, -0.15) is 0 Å². The molecule has 0 unspecified atom stereocenters. The third-order valence-corrected chi connectivity index (χ3v) is 6.86. The van der Waals surface area contributed by atoms with Crippen LogP contribution in [0.15, 0.2) is 66.0 Å². The van der Waals surface area contributed by atoms with Crippen molar-refractivity contribution in [1.29, 1.82) is 0 Å². The molecule has 6 heteroatoms. The number of nitrogens with one attached hydrogen (secondary N) is 1. The molecule has 2 aliphatic heterocycles. The van der Waals surface area contributed by atoms with E-state index in [1.165, 1.54) is 5.56 Å². The van der Waals surface area contributed by atoms with Gasteiger partial charge in [-0.3, -0.25) is 9.69 Å². The Morgan fingerprint density at radius 3 is 2.71 bits per heavy atom. The van der Waals surface area contributed by atoms with Gasteiger partial charge in [0.1, 0.15) is 13.2 Å². The molecule has 160 valence electrons. The Labute approximate surface area is 186 Å².